The van der Waals surface area contributed by atoms with E-state index in [9.17, 15) is 0 Å². The predicted octanol–water partition coefficient (Wildman–Crippen LogP) is -13.7. The molecule has 0 aliphatic heterocycles. The summed E-state index contributed by atoms with van der Waals surface area (Å²) in [6, 6.07) is 0. The summed E-state index contributed by atoms with van der Waals surface area (Å²) in [6.45, 7) is 0. The van der Waals surface area contributed by atoms with E-state index >= 15 is 0 Å². The van der Waals surface area contributed by atoms with Gasteiger partial charge in [-0.15, -0.1) is 0 Å². The van der Waals surface area contributed by atoms with Gasteiger partial charge in [-0.3, -0.25) is 14.6 Å². The van der Waals surface area contributed by atoms with Crippen LogP contribution in [0, 0.1) is 0 Å². The van der Waals surface area contributed by atoms with Crippen molar-refractivity contribution in [3.63, 3.8) is 0 Å². The second-order valence-electron chi connectivity index (χ2n) is 0.577. The van der Waals surface area contributed by atoms with Crippen molar-refractivity contribution in [3.8, 4) is 0 Å². The molecule has 0 fully saturated rings. The Hall–Kier alpha value is 1.48. The quantitative estimate of drug-likeness (QED) is 0.329. The zero-order valence-electron chi connectivity index (χ0n) is 9.23. The second-order valence-corrected chi connectivity index (χ2v) is 0.577. The third-order valence-corrected chi connectivity index (χ3v) is 0. The zero-order chi connectivity index (χ0) is 7.15. The fourth-order valence-electron chi connectivity index (χ4n) is 0. The molecule has 0 heterocycles. The molecule has 0 saturated heterocycles. The summed E-state index contributed by atoms with van der Waals surface area (Å²) in [5, 5.41) is 50.5. The van der Waals surface area contributed by atoms with Crippen LogP contribution in [-0.4, -0.2) is 53.0 Å². The van der Waals surface area contributed by atoms with Gasteiger partial charge < -0.3 is 68.5 Å². The molecule has 104 valence electrons. The van der Waals surface area contributed by atoms with Crippen LogP contribution in [0.4, 0.5) is 0 Å². The standard InChI is InChI=1S/2BO3.7H2O.3Zn/c2*2-1(3)4;;;;;;;;;;/h;;7*1H2;;;/q2*-3;;;;;;;;3*+2. The van der Waals surface area contributed by atoms with Crippen LogP contribution >= 0.6 is 0 Å². The van der Waals surface area contributed by atoms with E-state index in [1.807, 2.05) is 0 Å². The topological polar surface area (TPSA) is 359 Å². The predicted molar refractivity (Wildman–Crippen MR) is 36.8 cm³/mol. The number of rotatable bonds is 0. The van der Waals surface area contributed by atoms with Crippen LogP contribution in [0.2, 0.25) is 0 Å². The Bertz CT molecular complexity index is 35.7. The molecule has 0 bridgehead atoms. The summed E-state index contributed by atoms with van der Waals surface area (Å²) in [5.74, 6) is 0. The molecule has 0 unspecified atom stereocenters. The van der Waals surface area contributed by atoms with Crippen molar-refractivity contribution in [1.29, 1.82) is 0 Å². The van der Waals surface area contributed by atoms with Crippen molar-refractivity contribution < 1.29 is 127 Å². The minimum absolute atomic E-state index is 0. The first-order valence-electron chi connectivity index (χ1n) is 1.41. The first-order valence-corrected chi connectivity index (χ1v) is 1.41. The maximum Gasteiger partial charge on any atom is 2.00 e. The maximum atomic E-state index is 8.42. The van der Waals surface area contributed by atoms with Crippen LogP contribution in [0.3, 0.4) is 0 Å². The Morgan fingerprint density at radius 1 is 0.333 bits per heavy atom. The summed E-state index contributed by atoms with van der Waals surface area (Å²) in [6.07, 6.45) is 0. The average Bonchev–Trinajstić information content (AvgIpc) is 1.25. The Kier molecular flexibility index (Phi) is 667. The molecule has 13 nitrogen and oxygen atoms in total. The van der Waals surface area contributed by atoms with Crippen LogP contribution in [0.1, 0.15) is 0 Å². The molecule has 0 aromatic heterocycles. The van der Waals surface area contributed by atoms with Crippen LogP contribution in [0.25, 0.3) is 0 Å². The molecular formula is H14B2O13Zn3. The molecule has 0 radical (unpaired) electrons. The van der Waals surface area contributed by atoms with E-state index in [2.05, 4.69) is 0 Å². The van der Waals surface area contributed by atoms with E-state index in [0.717, 1.165) is 0 Å². The Morgan fingerprint density at radius 2 is 0.333 bits per heavy atom. The molecule has 18 heteroatoms. The fourth-order valence-corrected chi connectivity index (χ4v) is 0. The molecule has 0 saturated carbocycles. The van der Waals surface area contributed by atoms with Gasteiger partial charge in [-0.05, 0) is 0 Å². The van der Waals surface area contributed by atoms with Gasteiger partial charge in [0.2, 0.25) is 0 Å². The van der Waals surface area contributed by atoms with Crippen LogP contribution in [0.15, 0.2) is 0 Å². The first kappa shape index (κ1) is 119. The van der Waals surface area contributed by atoms with E-state index < -0.39 is 14.6 Å². The molecule has 0 rings (SSSR count). The van der Waals surface area contributed by atoms with Crippen molar-refractivity contribution >= 4 is 14.6 Å². The van der Waals surface area contributed by atoms with Crippen LogP contribution in [-0.2, 0) is 58.4 Å². The van der Waals surface area contributed by atoms with Gasteiger partial charge in [-0.2, -0.15) is 0 Å². The Balaban J connectivity index is -0.00000000257. The zero-order valence-corrected chi connectivity index (χ0v) is 18.1. The molecule has 0 atom stereocenters. The van der Waals surface area contributed by atoms with Gasteiger partial charge in [-0.1, -0.05) is 0 Å². The van der Waals surface area contributed by atoms with Gasteiger partial charge in [0.15, 0.2) is 0 Å². The minimum atomic E-state index is -2.92. The third-order valence-electron chi connectivity index (χ3n) is 0. The van der Waals surface area contributed by atoms with Crippen molar-refractivity contribution in [2.45, 2.75) is 0 Å². The van der Waals surface area contributed by atoms with Crippen LogP contribution in [0.5, 0.6) is 0 Å². The second kappa shape index (κ2) is 101. The average molecular weight is 440 g/mol. The van der Waals surface area contributed by atoms with Gasteiger partial charge >= 0.3 is 58.4 Å². The van der Waals surface area contributed by atoms with E-state index in [1.54, 1.807) is 0 Å². The third kappa shape index (κ3) is 2170. The SMILES string of the molecule is O.O.O.O.O.O.O.[O-]B([O-])[O-].[O-]B([O-])[O-].[Zn+2].[Zn+2].[Zn+2]. The molecule has 0 aromatic carbocycles. The van der Waals surface area contributed by atoms with E-state index in [4.69, 9.17) is 30.1 Å². The summed E-state index contributed by atoms with van der Waals surface area (Å²) in [4.78, 5) is 0. The maximum absolute atomic E-state index is 8.42. The monoisotopic (exact) mass is 436 g/mol. The van der Waals surface area contributed by atoms with E-state index in [1.165, 1.54) is 0 Å². The smallest absolute Gasteiger partial charge is 0.907 e. The summed E-state index contributed by atoms with van der Waals surface area (Å²) < 4.78 is 0. The minimum Gasteiger partial charge on any atom is -0.907 e. The fraction of sp³-hybridized carbons (Fsp3) is 0. The summed E-state index contributed by atoms with van der Waals surface area (Å²) >= 11 is 0. The van der Waals surface area contributed by atoms with Gasteiger partial charge in [0.1, 0.15) is 0 Å². The normalized spacial score (nSPS) is 3.00. The van der Waals surface area contributed by atoms with Crippen molar-refractivity contribution in [1.82, 2.24) is 0 Å². The molecule has 0 aromatic rings. The Labute approximate surface area is 141 Å². The molecule has 0 aliphatic carbocycles. The number of hydrogen-bond acceptors (Lipinski definition) is 6. The molecule has 14 N–H and O–H groups in total. The Morgan fingerprint density at radius 3 is 0.333 bits per heavy atom. The van der Waals surface area contributed by atoms with Gasteiger partial charge in [0.25, 0.3) is 0 Å². The largest absolute Gasteiger partial charge is 2.00 e. The van der Waals surface area contributed by atoms with Crippen molar-refractivity contribution in [3.05, 3.63) is 0 Å². The van der Waals surface area contributed by atoms with E-state index in [0.29, 0.717) is 0 Å². The van der Waals surface area contributed by atoms with Gasteiger partial charge in [-0.25, -0.2) is 0 Å². The molecule has 0 aliphatic rings. The van der Waals surface area contributed by atoms with Gasteiger partial charge in [0, 0.05) is 0 Å². The van der Waals surface area contributed by atoms with Crippen LogP contribution < -0.4 is 30.1 Å². The van der Waals surface area contributed by atoms with Crippen molar-refractivity contribution in [2.75, 3.05) is 0 Å². The van der Waals surface area contributed by atoms with E-state index in [-0.39, 0.29) is 96.8 Å². The first-order chi connectivity index (χ1) is 3.46. The molecule has 0 spiro atoms. The molecule has 18 heavy (non-hydrogen) atoms. The summed E-state index contributed by atoms with van der Waals surface area (Å²) in [5.41, 5.74) is 0. The van der Waals surface area contributed by atoms with Crippen molar-refractivity contribution in [2.24, 2.45) is 0 Å². The van der Waals surface area contributed by atoms with Gasteiger partial charge in [0.05, 0.1) is 0 Å². The summed E-state index contributed by atoms with van der Waals surface area (Å²) in [7, 11) is -5.83. The molecular weight excluding hydrogens is 426 g/mol. The molecule has 0 amide bonds. The number of hydrogen-bond donors (Lipinski definition) is 0.